The van der Waals surface area contributed by atoms with Crippen molar-refractivity contribution in [2.24, 2.45) is 5.73 Å². The molecule has 2 aromatic rings. The van der Waals surface area contributed by atoms with Crippen LogP contribution in [0.4, 0.5) is 4.39 Å². The maximum absolute atomic E-state index is 13.8. The fourth-order valence-corrected chi connectivity index (χ4v) is 2.48. The summed E-state index contributed by atoms with van der Waals surface area (Å²) in [6.07, 6.45) is 3.14. The zero-order valence-electron chi connectivity index (χ0n) is 15.9. The topological polar surface area (TPSA) is 81.9 Å². The van der Waals surface area contributed by atoms with E-state index in [0.717, 1.165) is 5.56 Å². The third kappa shape index (κ3) is 6.12. The predicted octanol–water partition coefficient (Wildman–Crippen LogP) is 2.76. The van der Waals surface area contributed by atoms with Crippen molar-refractivity contribution in [1.82, 2.24) is 4.90 Å². The van der Waals surface area contributed by atoms with Crippen molar-refractivity contribution in [3.63, 3.8) is 0 Å². The molecule has 148 valence electrons. The van der Waals surface area contributed by atoms with Gasteiger partial charge in [-0.2, -0.15) is 0 Å². The van der Waals surface area contributed by atoms with Gasteiger partial charge in [0.15, 0.2) is 18.2 Å². The van der Waals surface area contributed by atoms with E-state index in [-0.39, 0.29) is 18.3 Å². The Hall–Kier alpha value is -3.35. The van der Waals surface area contributed by atoms with Crippen molar-refractivity contribution in [1.29, 1.82) is 0 Å². The maximum atomic E-state index is 13.8. The van der Waals surface area contributed by atoms with Crippen LogP contribution in [0.5, 0.6) is 11.5 Å². The zero-order chi connectivity index (χ0) is 20.5. The molecule has 0 aliphatic rings. The lowest BCUT2D eigenvalue weighted by atomic mass is 10.1. The van der Waals surface area contributed by atoms with Crippen molar-refractivity contribution in [2.75, 3.05) is 20.3 Å². The number of benzene rings is 2. The zero-order valence-corrected chi connectivity index (χ0v) is 15.9. The van der Waals surface area contributed by atoms with Crippen molar-refractivity contribution >= 4 is 17.9 Å². The second-order valence-electron chi connectivity index (χ2n) is 5.98. The van der Waals surface area contributed by atoms with E-state index in [1.807, 2.05) is 6.92 Å². The smallest absolute Gasteiger partial charge is 0.255 e. The molecule has 2 aromatic carbocycles. The molecule has 0 saturated carbocycles. The van der Waals surface area contributed by atoms with E-state index in [2.05, 4.69) is 0 Å². The molecule has 0 aliphatic carbocycles. The van der Waals surface area contributed by atoms with Gasteiger partial charge in [0.1, 0.15) is 5.75 Å². The molecule has 0 aliphatic heterocycles. The van der Waals surface area contributed by atoms with Gasteiger partial charge in [-0.15, -0.1) is 0 Å². The number of carbonyl (C=O) groups is 2. The van der Waals surface area contributed by atoms with E-state index >= 15 is 0 Å². The first kappa shape index (κ1) is 21.0. The standard InChI is InChI=1S/C21H23FN2O4/c1-3-24(13-16-6-10-19(27-2)18(22)12-16)21(26)11-7-15-4-8-17(9-5-15)28-14-20(23)25/h4-12H,3,13-14H2,1-2H3,(H2,23,25)/b11-7+. The molecule has 0 saturated heterocycles. The van der Waals surface area contributed by atoms with Crippen LogP contribution >= 0.6 is 0 Å². The first-order valence-electron chi connectivity index (χ1n) is 8.73. The van der Waals surface area contributed by atoms with Gasteiger partial charge in [-0.05, 0) is 48.4 Å². The van der Waals surface area contributed by atoms with Crippen molar-refractivity contribution in [3.05, 3.63) is 65.5 Å². The Morgan fingerprint density at radius 3 is 2.46 bits per heavy atom. The minimum atomic E-state index is -0.550. The Morgan fingerprint density at radius 2 is 1.89 bits per heavy atom. The van der Waals surface area contributed by atoms with Gasteiger partial charge in [0, 0.05) is 19.2 Å². The lowest BCUT2D eigenvalue weighted by molar-refractivity contribution is -0.126. The van der Waals surface area contributed by atoms with Gasteiger partial charge >= 0.3 is 0 Å². The monoisotopic (exact) mass is 386 g/mol. The van der Waals surface area contributed by atoms with Crippen LogP contribution in [0.2, 0.25) is 0 Å². The van der Waals surface area contributed by atoms with Crippen LogP contribution in [-0.2, 0) is 16.1 Å². The Bertz CT molecular complexity index is 850. The van der Waals surface area contributed by atoms with E-state index in [4.69, 9.17) is 15.2 Å². The van der Waals surface area contributed by atoms with Gasteiger partial charge in [-0.1, -0.05) is 18.2 Å². The molecule has 0 fully saturated rings. The second kappa shape index (κ2) is 10.1. The summed E-state index contributed by atoms with van der Waals surface area (Å²) in [4.78, 5) is 24.8. The van der Waals surface area contributed by atoms with E-state index in [1.165, 1.54) is 19.3 Å². The third-order valence-corrected chi connectivity index (χ3v) is 3.96. The lowest BCUT2D eigenvalue weighted by Gasteiger charge is -2.19. The maximum Gasteiger partial charge on any atom is 0.255 e. The second-order valence-corrected chi connectivity index (χ2v) is 5.98. The molecule has 0 spiro atoms. The van der Waals surface area contributed by atoms with E-state index in [1.54, 1.807) is 47.4 Å². The number of nitrogens with two attached hydrogens (primary N) is 1. The largest absolute Gasteiger partial charge is 0.494 e. The Morgan fingerprint density at radius 1 is 1.18 bits per heavy atom. The summed E-state index contributed by atoms with van der Waals surface area (Å²) in [6, 6.07) is 11.5. The highest BCUT2D eigenvalue weighted by Gasteiger charge is 2.11. The molecular weight excluding hydrogens is 363 g/mol. The molecule has 0 heterocycles. The van der Waals surface area contributed by atoms with Gasteiger partial charge < -0.3 is 20.1 Å². The van der Waals surface area contributed by atoms with Crippen LogP contribution in [0.25, 0.3) is 6.08 Å². The number of carbonyl (C=O) groups excluding carboxylic acids is 2. The fraction of sp³-hybridized carbons (Fsp3) is 0.238. The molecule has 0 radical (unpaired) electrons. The van der Waals surface area contributed by atoms with Crippen LogP contribution in [0.1, 0.15) is 18.1 Å². The number of hydrogen-bond donors (Lipinski definition) is 1. The van der Waals surface area contributed by atoms with Gasteiger partial charge in [0.2, 0.25) is 5.91 Å². The number of rotatable bonds is 9. The summed E-state index contributed by atoms with van der Waals surface area (Å²) in [7, 11) is 1.40. The molecule has 0 bridgehead atoms. The highest BCUT2D eigenvalue weighted by molar-refractivity contribution is 5.91. The predicted molar refractivity (Wildman–Crippen MR) is 104 cm³/mol. The van der Waals surface area contributed by atoms with Crippen molar-refractivity contribution < 1.29 is 23.5 Å². The van der Waals surface area contributed by atoms with Crippen molar-refractivity contribution in [3.8, 4) is 11.5 Å². The van der Waals surface area contributed by atoms with Gasteiger partial charge in [0.25, 0.3) is 5.91 Å². The molecule has 2 N–H and O–H groups in total. The summed E-state index contributed by atoms with van der Waals surface area (Å²) < 4.78 is 23.9. The van der Waals surface area contributed by atoms with Gasteiger partial charge in [-0.25, -0.2) is 4.39 Å². The number of ether oxygens (including phenoxy) is 2. The summed E-state index contributed by atoms with van der Waals surface area (Å²) in [6.45, 7) is 2.44. The van der Waals surface area contributed by atoms with E-state index in [9.17, 15) is 14.0 Å². The first-order valence-corrected chi connectivity index (χ1v) is 8.73. The summed E-state index contributed by atoms with van der Waals surface area (Å²) in [5, 5.41) is 0. The number of hydrogen-bond acceptors (Lipinski definition) is 4. The average Bonchev–Trinajstić information content (AvgIpc) is 2.69. The average molecular weight is 386 g/mol. The number of methoxy groups -OCH3 is 1. The lowest BCUT2D eigenvalue weighted by Crippen LogP contribution is -2.28. The number of likely N-dealkylation sites (N-methyl/N-ethyl adjacent to an activating group) is 1. The highest BCUT2D eigenvalue weighted by atomic mass is 19.1. The molecule has 2 rings (SSSR count). The number of halogens is 1. The quantitative estimate of drug-likeness (QED) is 0.672. The first-order chi connectivity index (χ1) is 13.4. The third-order valence-electron chi connectivity index (χ3n) is 3.96. The highest BCUT2D eigenvalue weighted by Crippen LogP contribution is 2.19. The Balaban J connectivity index is 1.99. The van der Waals surface area contributed by atoms with E-state index < -0.39 is 11.7 Å². The number of amides is 2. The molecule has 0 aromatic heterocycles. The molecule has 0 unspecified atom stereocenters. The van der Waals surface area contributed by atoms with Gasteiger partial charge in [-0.3, -0.25) is 9.59 Å². The summed E-state index contributed by atoms with van der Waals surface area (Å²) in [5.41, 5.74) is 6.50. The Labute approximate surface area is 163 Å². The number of nitrogens with zero attached hydrogens (tertiary/aromatic N) is 1. The van der Waals surface area contributed by atoms with Crippen LogP contribution in [-0.4, -0.2) is 37.0 Å². The van der Waals surface area contributed by atoms with Crippen molar-refractivity contribution in [2.45, 2.75) is 13.5 Å². The van der Waals surface area contributed by atoms with Crippen LogP contribution in [0.3, 0.4) is 0 Å². The molecule has 28 heavy (non-hydrogen) atoms. The van der Waals surface area contributed by atoms with Crippen LogP contribution in [0.15, 0.2) is 48.5 Å². The van der Waals surface area contributed by atoms with Crippen LogP contribution in [0, 0.1) is 5.82 Å². The SMILES string of the molecule is CCN(Cc1ccc(OC)c(F)c1)C(=O)/C=C/c1ccc(OCC(N)=O)cc1. The fourth-order valence-electron chi connectivity index (χ4n) is 2.48. The van der Waals surface area contributed by atoms with E-state index in [0.29, 0.717) is 24.4 Å². The minimum absolute atomic E-state index is 0.168. The minimum Gasteiger partial charge on any atom is -0.494 e. The van der Waals surface area contributed by atoms with Crippen LogP contribution < -0.4 is 15.2 Å². The molecule has 7 heteroatoms. The molecule has 0 atom stereocenters. The Kier molecular flexibility index (Phi) is 7.56. The summed E-state index contributed by atoms with van der Waals surface area (Å²) in [5.74, 6) is -0.517. The molecule has 6 nitrogen and oxygen atoms in total. The van der Waals surface area contributed by atoms with Gasteiger partial charge in [0.05, 0.1) is 7.11 Å². The molecular formula is C21H23FN2O4. The summed E-state index contributed by atoms with van der Waals surface area (Å²) >= 11 is 0. The molecule has 2 amide bonds. The normalized spacial score (nSPS) is 10.7. The number of primary amides is 1.